The average molecular weight is 376 g/mol. The van der Waals surface area contributed by atoms with Crippen LogP contribution in [0, 0.1) is 23.2 Å². The first-order valence-electron chi connectivity index (χ1n) is 7.28. The number of fused-ring (bicyclic) bond motifs is 2. The highest BCUT2D eigenvalue weighted by molar-refractivity contribution is 14.1. The van der Waals surface area contributed by atoms with E-state index in [2.05, 4.69) is 43.0 Å². The third kappa shape index (κ3) is 3.34. The van der Waals surface area contributed by atoms with Crippen molar-refractivity contribution < 1.29 is 9.53 Å². The van der Waals surface area contributed by atoms with Gasteiger partial charge < -0.3 is 4.74 Å². The second-order valence-corrected chi connectivity index (χ2v) is 8.40. The van der Waals surface area contributed by atoms with Gasteiger partial charge in [-0.15, -0.1) is 0 Å². The minimum Gasteiger partial charge on any atom is -0.462 e. The molecule has 5 atom stereocenters. The maximum absolute atomic E-state index is 11.6. The van der Waals surface area contributed by atoms with Crippen molar-refractivity contribution in [1.29, 1.82) is 0 Å². The smallest absolute Gasteiger partial charge is 0.333 e. The Labute approximate surface area is 130 Å². The molecule has 2 aliphatic rings. The van der Waals surface area contributed by atoms with Crippen LogP contribution in [0.1, 0.15) is 46.5 Å². The molecule has 0 heterocycles. The van der Waals surface area contributed by atoms with Crippen LogP contribution < -0.4 is 0 Å². The zero-order valence-corrected chi connectivity index (χ0v) is 14.4. The molecule has 0 aliphatic heterocycles. The van der Waals surface area contributed by atoms with Crippen LogP contribution in [0.5, 0.6) is 0 Å². The molecule has 0 aromatic carbocycles. The number of alkyl halides is 1. The Balaban J connectivity index is 2.02. The molecule has 2 bridgehead atoms. The molecule has 5 unspecified atom stereocenters. The number of carbonyl (C=O) groups excluding carboxylic acids is 1. The highest BCUT2D eigenvalue weighted by Crippen LogP contribution is 2.53. The van der Waals surface area contributed by atoms with Gasteiger partial charge in [0.1, 0.15) is 0 Å². The Bertz CT molecular complexity index is 377. The Hall–Kier alpha value is -0.0600. The number of halogens is 1. The van der Waals surface area contributed by atoms with Crippen LogP contribution in [0.15, 0.2) is 12.2 Å². The van der Waals surface area contributed by atoms with Crippen LogP contribution in [-0.4, -0.2) is 16.5 Å². The summed E-state index contributed by atoms with van der Waals surface area (Å²) in [5.41, 5.74) is 0.637. The lowest BCUT2D eigenvalue weighted by Crippen LogP contribution is -2.47. The SMILES string of the molecule is C=C(C)C(=O)OCC1(C)CC2CC(C)CC(C2)C1I. The molecular formula is C16H25IO2. The molecule has 3 heteroatoms. The van der Waals surface area contributed by atoms with E-state index in [1.54, 1.807) is 6.92 Å². The molecule has 2 fully saturated rings. The van der Waals surface area contributed by atoms with Crippen molar-refractivity contribution in [3.8, 4) is 0 Å². The molecule has 19 heavy (non-hydrogen) atoms. The van der Waals surface area contributed by atoms with Crippen molar-refractivity contribution in [2.45, 2.75) is 50.4 Å². The topological polar surface area (TPSA) is 26.3 Å². The number of carbonyl (C=O) groups is 1. The largest absolute Gasteiger partial charge is 0.462 e. The predicted molar refractivity (Wildman–Crippen MR) is 86.3 cm³/mol. The number of hydrogen-bond acceptors (Lipinski definition) is 2. The number of ether oxygens (including phenoxy) is 1. The van der Waals surface area contributed by atoms with Gasteiger partial charge in [-0.05, 0) is 50.4 Å². The maximum atomic E-state index is 11.6. The van der Waals surface area contributed by atoms with Gasteiger partial charge in [0.05, 0.1) is 6.61 Å². The molecule has 0 aromatic heterocycles. The molecule has 108 valence electrons. The predicted octanol–water partition coefficient (Wildman–Crippen LogP) is 4.37. The van der Waals surface area contributed by atoms with Gasteiger partial charge in [-0.2, -0.15) is 0 Å². The minimum atomic E-state index is -0.242. The van der Waals surface area contributed by atoms with Crippen molar-refractivity contribution in [2.24, 2.45) is 23.2 Å². The van der Waals surface area contributed by atoms with E-state index in [0.717, 1.165) is 17.8 Å². The van der Waals surface area contributed by atoms with E-state index < -0.39 is 0 Å². The van der Waals surface area contributed by atoms with E-state index >= 15 is 0 Å². The van der Waals surface area contributed by atoms with Crippen LogP contribution in [0.4, 0.5) is 0 Å². The summed E-state index contributed by atoms with van der Waals surface area (Å²) in [5.74, 6) is 2.25. The zero-order chi connectivity index (χ0) is 14.2. The van der Waals surface area contributed by atoms with E-state index in [4.69, 9.17) is 4.74 Å². The molecule has 0 radical (unpaired) electrons. The Morgan fingerprint density at radius 3 is 2.74 bits per heavy atom. The fourth-order valence-electron chi connectivity index (χ4n) is 4.04. The van der Waals surface area contributed by atoms with Crippen LogP contribution in [0.2, 0.25) is 0 Å². The number of esters is 1. The van der Waals surface area contributed by atoms with Crippen molar-refractivity contribution in [3.05, 3.63) is 12.2 Å². The van der Waals surface area contributed by atoms with E-state index in [1.807, 2.05) is 0 Å². The summed E-state index contributed by atoms with van der Waals surface area (Å²) in [7, 11) is 0. The van der Waals surface area contributed by atoms with Crippen molar-refractivity contribution in [2.75, 3.05) is 6.61 Å². The molecule has 0 saturated heterocycles. The minimum absolute atomic E-state index is 0.138. The van der Waals surface area contributed by atoms with Crippen LogP contribution in [0.3, 0.4) is 0 Å². The summed E-state index contributed by atoms with van der Waals surface area (Å²) in [4.78, 5) is 11.6. The van der Waals surface area contributed by atoms with Crippen molar-refractivity contribution >= 4 is 28.6 Å². The first-order chi connectivity index (χ1) is 8.82. The molecule has 0 aromatic rings. The molecule has 0 spiro atoms. The van der Waals surface area contributed by atoms with Crippen LogP contribution in [0.25, 0.3) is 0 Å². The Morgan fingerprint density at radius 2 is 2.11 bits per heavy atom. The number of rotatable bonds is 3. The van der Waals surface area contributed by atoms with E-state index in [9.17, 15) is 4.79 Å². The lowest BCUT2D eigenvalue weighted by atomic mass is 9.60. The van der Waals surface area contributed by atoms with Crippen LogP contribution in [-0.2, 0) is 9.53 Å². The summed E-state index contributed by atoms with van der Waals surface area (Å²) < 4.78 is 6.08. The van der Waals surface area contributed by atoms with Crippen molar-refractivity contribution in [1.82, 2.24) is 0 Å². The van der Waals surface area contributed by atoms with Crippen LogP contribution >= 0.6 is 22.6 Å². The van der Waals surface area contributed by atoms with Gasteiger partial charge in [-0.25, -0.2) is 4.79 Å². The van der Waals surface area contributed by atoms with E-state index in [-0.39, 0.29) is 11.4 Å². The van der Waals surface area contributed by atoms with Crippen molar-refractivity contribution in [3.63, 3.8) is 0 Å². The second kappa shape index (κ2) is 5.74. The standard InChI is InChI=1S/C16H25IO2/c1-10(2)15(18)19-9-16(4)8-12-5-11(3)6-13(7-12)14(16)17/h11-14H,1,5-9H2,2-4H3. The molecule has 2 nitrogen and oxygen atoms in total. The summed E-state index contributed by atoms with van der Waals surface area (Å²) in [6.45, 7) is 10.6. The average Bonchev–Trinajstić information content (AvgIpc) is 2.32. The van der Waals surface area contributed by atoms with Gasteiger partial charge in [0.15, 0.2) is 0 Å². The lowest BCUT2D eigenvalue weighted by Gasteiger charge is -2.50. The summed E-state index contributed by atoms with van der Waals surface area (Å²) >= 11 is 2.60. The third-order valence-corrected chi connectivity index (χ3v) is 7.31. The molecule has 0 amide bonds. The monoisotopic (exact) mass is 376 g/mol. The summed E-state index contributed by atoms with van der Waals surface area (Å²) in [5, 5.41) is 0. The van der Waals surface area contributed by atoms with Gasteiger partial charge >= 0.3 is 5.97 Å². The van der Waals surface area contributed by atoms with Gasteiger partial charge in [-0.1, -0.05) is 43.0 Å². The molecule has 0 N–H and O–H groups in total. The first-order valence-corrected chi connectivity index (χ1v) is 8.53. The second-order valence-electron chi connectivity index (χ2n) is 7.05. The third-order valence-electron chi connectivity index (χ3n) is 4.79. The van der Waals surface area contributed by atoms with Gasteiger partial charge in [0.25, 0.3) is 0 Å². The number of hydrogen-bond donors (Lipinski definition) is 0. The highest BCUT2D eigenvalue weighted by atomic mass is 127. The zero-order valence-electron chi connectivity index (χ0n) is 12.2. The quantitative estimate of drug-likeness (QED) is 0.316. The lowest BCUT2D eigenvalue weighted by molar-refractivity contribution is -0.143. The first kappa shape index (κ1) is 15.3. The maximum Gasteiger partial charge on any atom is 0.333 e. The normalized spacial score (nSPS) is 41.7. The summed E-state index contributed by atoms with van der Waals surface area (Å²) in [6, 6.07) is 0. The van der Waals surface area contributed by atoms with E-state index in [0.29, 0.717) is 16.1 Å². The molecular weight excluding hydrogens is 351 g/mol. The fourth-order valence-corrected chi connectivity index (χ4v) is 5.06. The summed E-state index contributed by atoms with van der Waals surface area (Å²) in [6.07, 6.45) is 5.27. The van der Waals surface area contributed by atoms with Gasteiger partial charge in [0, 0.05) is 14.9 Å². The molecule has 2 aliphatic carbocycles. The molecule has 2 saturated carbocycles. The Morgan fingerprint density at radius 1 is 1.42 bits per heavy atom. The van der Waals surface area contributed by atoms with Gasteiger partial charge in [-0.3, -0.25) is 0 Å². The van der Waals surface area contributed by atoms with Gasteiger partial charge in [0.2, 0.25) is 0 Å². The Kier molecular flexibility index (Phi) is 4.63. The highest BCUT2D eigenvalue weighted by Gasteiger charge is 2.47. The molecule has 2 rings (SSSR count). The van der Waals surface area contributed by atoms with E-state index in [1.165, 1.54) is 25.7 Å². The fraction of sp³-hybridized carbons (Fsp3) is 0.812.